The van der Waals surface area contributed by atoms with Crippen molar-refractivity contribution >= 4 is 6.21 Å². The number of nitrogens with zero attached hydrogens (tertiary/aromatic N) is 2. The van der Waals surface area contributed by atoms with Gasteiger partial charge in [0.1, 0.15) is 6.17 Å². The third-order valence-corrected chi connectivity index (χ3v) is 1.27. The highest BCUT2D eigenvalue weighted by molar-refractivity contribution is 5.72. The molecule has 2 heteroatoms. The van der Waals surface area contributed by atoms with Gasteiger partial charge in [0.25, 0.3) is 0 Å². The second-order valence-corrected chi connectivity index (χ2v) is 1.95. The molecule has 9 heavy (non-hydrogen) atoms. The number of hydrogen-bond donors (Lipinski definition) is 0. The van der Waals surface area contributed by atoms with Gasteiger partial charge in [-0.1, -0.05) is 6.58 Å². The molecule has 0 saturated heterocycles. The van der Waals surface area contributed by atoms with Gasteiger partial charge in [0.05, 0.1) is 0 Å². The molecule has 0 fully saturated rings. The third-order valence-electron chi connectivity index (χ3n) is 1.27. The Morgan fingerprint density at radius 1 is 1.78 bits per heavy atom. The molecule has 0 N–H and O–H groups in total. The van der Waals surface area contributed by atoms with Crippen LogP contribution in [0.5, 0.6) is 0 Å². The SMILES string of the molecule is C=CC1N=CC=CN1C. The molecule has 0 aromatic rings. The Morgan fingerprint density at radius 3 is 3.00 bits per heavy atom. The molecule has 48 valence electrons. The topological polar surface area (TPSA) is 15.6 Å². The second kappa shape index (κ2) is 2.49. The Morgan fingerprint density at radius 2 is 2.56 bits per heavy atom. The summed E-state index contributed by atoms with van der Waals surface area (Å²) in [5.74, 6) is 0. The van der Waals surface area contributed by atoms with Crippen LogP contribution in [0.25, 0.3) is 0 Å². The zero-order chi connectivity index (χ0) is 6.69. The molecule has 0 aromatic carbocycles. The summed E-state index contributed by atoms with van der Waals surface area (Å²) in [7, 11) is 1.97. The zero-order valence-corrected chi connectivity index (χ0v) is 5.49. The van der Waals surface area contributed by atoms with E-state index in [4.69, 9.17) is 0 Å². The van der Waals surface area contributed by atoms with Gasteiger partial charge in [0, 0.05) is 19.5 Å². The fourth-order valence-electron chi connectivity index (χ4n) is 0.733. The maximum atomic E-state index is 4.12. The van der Waals surface area contributed by atoms with Gasteiger partial charge >= 0.3 is 0 Å². The molecular formula is C7H10N2. The first kappa shape index (κ1) is 6.08. The summed E-state index contributed by atoms with van der Waals surface area (Å²) in [5.41, 5.74) is 0. The summed E-state index contributed by atoms with van der Waals surface area (Å²) in [6.07, 6.45) is 7.60. The van der Waals surface area contributed by atoms with Crippen LogP contribution in [0, 0.1) is 0 Å². The van der Waals surface area contributed by atoms with Crippen molar-refractivity contribution in [1.29, 1.82) is 0 Å². The lowest BCUT2D eigenvalue weighted by Gasteiger charge is -2.21. The highest BCUT2D eigenvalue weighted by atomic mass is 15.2. The van der Waals surface area contributed by atoms with Crippen LogP contribution in [0.15, 0.2) is 29.9 Å². The van der Waals surface area contributed by atoms with E-state index < -0.39 is 0 Å². The van der Waals surface area contributed by atoms with E-state index in [2.05, 4.69) is 11.6 Å². The predicted molar refractivity (Wildman–Crippen MR) is 39.4 cm³/mol. The van der Waals surface area contributed by atoms with Crippen LogP contribution >= 0.6 is 0 Å². The molecule has 2 nitrogen and oxygen atoms in total. The van der Waals surface area contributed by atoms with Crippen LogP contribution in [-0.2, 0) is 0 Å². The summed E-state index contributed by atoms with van der Waals surface area (Å²) in [4.78, 5) is 6.12. The molecule has 0 aromatic heterocycles. The smallest absolute Gasteiger partial charge is 0.139 e. The first-order chi connectivity index (χ1) is 4.34. The van der Waals surface area contributed by atoms with Crippen molar-refractivity contribution < 1.29 is 0 Å². The Hall–Kier alpha value is -1.05. The van der Waals surface area contributed by atoms with E-state index in [0.29, 0.717) is 0 Å². The summed E-state index contributed by atoms with van der Waals surface area (Å²) in [6, 6.07) is 0. The minimum atomic E-state index is 0.134. The van der Waals surface area contributed by atoms with Gasteiger partial charge in [-0.15, -0.1) is 0 Å². The normalized spacial score (nSPS) is 24.6. The van der Waals surface area contributed by atoms with Gasteiger partial charge in [-0.2, -0.15) is 0 Å². The van der Waals surface area contributed by atoms with Crippen molar-refractivity contribution in [1.82, 2.24) is 4.90 Å². The minimum Gasteiger partial charge on any atom is -0.356 e. The predicted octanol–water partition coefficient (Wildman–Crippen LogP) is 1.03. The van der Waals surface area contributed by atoms with E-state index in [1.807, 2.05) is 24.2 Å². The Labute approximate surface area is 55.2 Å². The lowest BCUT2D eigenvalue weighted by molar-refractivity contribution is 0.393. The zero-order valence-electron chi connectivity index (χ0n) is 5.49. The molecular weight excluding hydrogens is 112 g/mol. The molecule has 1 rings (SSSR count). The molecule has 0 saturated carbocycles. The van der Waals surface area contributed by atoms with Crippen LogP contribution in [0.4, 0.5) is 0 Å². The molecule has 0 spiro atoms. The van der Waals surface area contributed by atoms with Crippen molar-refractivity contribution in [2.75, 3.05) is 7.05 Å². The maximum Gasteiger partial charge on any atom is 0.139 e. The Bertz CT molecular complexity index is 158. The van der Waals surface area contributed by atoms with Gasteiger partial charge in [-0.25, -0.2) is 0 Å². The van der Waals surface area contributed by atoms with Crippen LogP contribution in [0.1, 0.15) is 0 Å². The Balaban J connectivity index is 2.65. The first-order valence-corrected chi connectivity index (χ1v) is 2.89. The molecule has 1 aliphatic heterocycles. The second-order valence-electron chi connectivity index (χ2n) is 1.95. The quantitative estimate of drug-likeness (QED) is 0.474. The fourth-order valence-corrected chi connectivity index (χ4v) is 0.733. The molecule has 1 heterocycles. The summed E-state index contributed by atoms with van der Waals surface area (Å²) in [5, 5.41) is 0. The van der Waals surface area contributed by atoms with Crippen molar-refractivity contribution in [2.24, 2.45) is 4.99 Å². The number of aliphatic imine (C=N–C) groups is 1. The summed E-state index contributed by atoms with van der Waals surface area (Å²) < 4.78 is 0. The number of hydrogen-bond acceptors (Lipinski definition) is 2. The van der Waals surface area contributed by atoms with E-state index in [1.165, 1.54) is 0 Å². The number of allylic oxidation sites excluding steroid dienone is 1. The van der Waals surface area contributed by atoms with E-state index in [9.17, 15) is 0 Å². The highest BCUT2D eigenvalue weighted by Gasteiger charge is 2.04. The van der Waals surface area contributed by atoms with E-state index in [0.717, 1.165) is 0 Å². The van der Waals surface area contributed by atoms with Crippen LogP contribution < -0.4 is 0 Å². The van der Waals surface area contributed by atoms with Gasteiger partial charge in [-0.05, 0) is 12.2 Å². The molecule has 0 amide bonds. The molecule has 1 atom stereocenters. The molecule has 1 aliphatic rings. The number of rotatable bonds is 1. The van der Waals surface area contributed by atoms with Crippen molar-refractivity contribution in [2.45, 2.75) is 6.17 Å². The van der Waals surface area contributed by atoms with Gasteiger partial charge in [0.15, 0.2) is 0 Å². The number of likely N-dealkylation sites (N-methyl/N-ethyl adjacent to an activating group) is 1. The third kappa shape index (κ3) is 1.19. The average molecular weight is 122 g/mol. The summed E-state index contributed by atoms with van der Waals surface area (Å²) in [6.45, 7) is 3.65. The minimum absolute atomic E-state index is 0.134. The molecule has 0 bridgehead atoms. The monoisotopic (exact) mass is 122 g/mol. The lowest BCUT2D eigenvalue weighted by atomic mass is 10.4. The van der Waals surface area contributed by atoms with Crippen LogP contribution in [0.2, 0.25) is 0 Å². The van der Waals surface area contributed by atoms with Gasteiger partial charge in [0.2, 0.25) is 0 Å². The van der Waals surface area contributed by atoms with Gasteiger partial charge < -0.3 is 4.90 Å². The Kier molecular flexibility index (Phi) is 1.68. The van der Waals surface area contributed by atoms with Crippen molar-refractivity contribution in [3.8, 4) is 0 Å². The van der Waals surface area contributed by atoms with Gasteiger partial charge in [-0.3, -0.25) is 4.99 Å². The molecule has 1 unspecified atom stereocenters. The standard InChI is InChI=1S/C7H10N2/c1-3-7-8-5-4-6-9(7)2/h3-7H,1H2,2H3. The highest BCUT2D eigenvalue weighted by Crippen LogP contribution is 2.02. The average Bonchev–Trinajstić information content (AvgIpc) is 1.89. The van der Waals surface area contributed by atoms with Crippen LogP contribution in [0.3, 0.4) is 0 Å². The van der Waals surface area contributed by atoms with Crippen molar-refractivity contribution in [3.05, 3.63) is 24.9 Å². The lowest BCUT2D eigenvalue weighted by Crippen LogP contribution is -2.24. The van der Waals surface area contributed by atoms with Crippen molar-refractivity contribution in [3.63, 3.8) is 0 Å². The summed E-state index contributed by atoms with van der Waals surface area (Å²) >= 11 is 0. The van der Waals surface area contributed by atoms with Crippen LogP contribution in [-0.4, -0.2) is 24.3 Å². The molecule has 0 radical (unpaired) electrons. The van der Waals surface area contributed by atoms with E-state index in [-0.39, 0.29) is 6.17 Å². The maximum absolute atomic E-state index is 4.12. The largest absolute Gasteiger partial charge is 0.356 e. The fraction of sp³-hybridized carbons (Fsp3) is 0.286. The molecule has 0 aliphatic carbocycles. The van der Waals surface area contributed by atoms with E-state index in [1.54, 1.807) is 12.3 Å². The first-order valence-electron chi connectivity index (χ1n) is 2.89. The van der Waals surface area contributed by atoms with E-state index >= 15 is 0 Å².